The van der Waals surface area contributed by atoms with Gasteiger partial charge < -0.3 is 10.0 Å². The number of aryl methyl sites for hydroxylation is 1. The van der Waals surface area contributed by atoms with E-state index in [0.717, 1.165) is 11.1 Å². The number of hydrogen-bond acceptors (Lipinski definition) is 2. The zero-order chi connectivity index (χ0) is 12.3. The molecular weight excluding hydrogens is 202 g/mol. The molecule has 1 N–H and O–H groups in total. The van der Waals surface area contributed by atoms with Gasteiger partial charge >= 0.3 is 0 Å². The quantitative estimate of drug-likeness (QED) is 0.793. The van der Waals surface area contributed by atoms with Crippen molar-refractivity contribution in [3.05, 3.63) is 41.5 Å². The molecule has 0 heterocycles. The molecular formula is C13H17NO2. The van der Waals surface area contributed by atoms with Crippen LogP contribution in [0.4, 0.5) is 0 Å². The molecule has 0 aromatic heterocycles. The molecule has 0 aliphatic rings. The molecule has 0 saturated carbocycles. The Morgan fingerprint density at radius 1 is 1.50 bits per heavy atom. The van der Waals surface area contributed by atoms with E-state index in [1.807, 2.05) is 13.8 Å². The van der Waals surface area contributed by atoms with Gasteiger partial charge in [0.2, 0.25) is 0 Å². The van der Waals surface area contributed by atoms with E-state index in [9.17, 15) is 9.90 Å². The summed E-state index contributed by atoms with van der Waals surface area (Å²) in [6, 6.07) is 4.99. The average Bonchev–Trinajstić information content (AvgIpc) is 2.19. The van der Waals surface area contributed by atoms with Crippen LogP contribution in [0.2, 0.25) is 0 Å². The minimum absolute atomic E-state index is 0.0177. The van der Waals surface area contributed by atoms with Crippen LogP contribution in [0.5, 0.6) is 5.75 Å². The molecule has 0 aliphatic carbocycles. The molecule has 0 bridgehead atoms. The summed E-state index contributed by atoms with van der Waals surface area (Å²) in [5.41, 5.74) is 2.19. The molecule has 1 amide bonds. The first-order valence-corrected chi connectivity index (χ1v) is 5.11. The Bertz CT molecular complexity index is 424. The van der Waals surface area contributed by atoms with E-state index in [1.165, 1.54) is 11.0 Å². The SMILES string of the molecule is C=C(C)CN(C)C(=O)c1cc(C)ccc1O. The first kappa shape index (κ1) is 12.3. The van der Waals surface area contributed by atoms with Crippen molar-refractivity contribution in [1.82, 2.24) is 4.90 Å². The second-order valence-electron chi connectivity index (χ2n) is 4.14. The summed E-state index contributed by atoms with van der Waals surface area (Å²) < 4.78 is 0. The number of nitrogens with zero attached hydrogens (tertiary/aromatic N) is 1. The number of phenols is 1. The largest absolute Gasteiger partial charge is 0.507 e. The number of aromatic hydroxyl groups is 1. The van der Waals surface area contributed by atoms with Crippen LogP contribution >= 0.6 is 0 Å². The van der Waals surface area contributed by atoms with Crippen LogP contribution in [0.15, 0.2) is 30.4 Å². The average molecular weight is 219 g/mol. The van der Waals surface area contributed by atoms with Gasteiger partial charge in [-0.3, -0.25) is 4.79 Å². The molecule has 0 radical (unpaired) electrons. The fraction of sp³-hybridized carbons (Fsp3) is 0.308. The summed E-state index contributed by atoms with van der Waals surface area (Å²) in [5, 5.41) is 9.62. The molecule has 1 rings (SSSR count). The molecule has 0 fully saturated rings. The van der Waals surface area contributed by atoms with Crippen molar-refractivity contribution in [2.24, 2.45) is 0 Å². The molecule has 1 aromatic carbocycles. The number of likely N-dealkylation sites (N-methyl/N-ethyl adjacent to an activating group) is 1. The Kier molecular flexibility index (Phi) is 3.72. The zero-order valence-electron chi connectivity index (χ0n) is 9.95. The van der Waals surface area contributed by atoms with E-state index in [4.69, 9.17) is 0 Å². The molecule has 3 heteroatoms. The Hall–Kier alpha value is -1.77. The number of amides is 1. The van der Waals surface area contributed by atoms with Gasteiger partial charge in [-0.15, -0.1) is 0 Å². The molecule has 1 aromatic rings. The molecule has 0 saturated heterocycles. The Morgan fingerprint density at radius 2 is 2.12 bits per heavy atom. The maximum Gasteiger partial charge on any atom is 0.257 e. The van der Waals surface area contributed by atoms with E-state index >= 15 is 0 Å². The lowest BCUT2D eigenvalue weighted by Gasteiger charge is -2.18. The molecule has 0 aliphatic heterocycles. The van der Waals surface area contributed by atoms with E-state index in [-0.39, 0.29) is 11.7 Å². The van der Waals surface area contributed by atoms with Gasteiger partial charge in [-0.25, -0.2) is 0 Å². The smallest absolute Gasteiger partial charge is 0.257 e. The van der Waals surface area contributed by atoms with Crippen LogP contribution in [-0.4, -0.2) is 29.5 Å². The molecule has 16 heavy (non-hydrogen) atoms. The first-order valence-electron chi connectivity index (χ1n) is 5.11. The predicted molar refractivity (Wildman–Crippen MR) is 64.6 cm³/mol. The highest BCUT2D eigenvalue weighted by atomic mass is 16.3. The third-order valence-corrected chi connectivity index (χ3v) is 2.24. The number of carbonyl (C=O) groups is 1. The summed E-state index contributed by atoms with van der Waals surface area (Å²) in [4.78, 5) is 13.5. The molecule has 0 unspecified atom stereocenters. The third kappa shape index (κ3) is 2.86. The summed E-state index contributed by atoms with van der Waals surface area (Å²) in [6.45, 7) is 7.99. The topological polar surface area (TPSA) is 40.5 Å². The lowest BCUT2D eigenvalue weighted by atomic mass is 10.1. The van der Waals surface area contributed by atoms with E-state index in [2.05, 4.69) is 6.58 Å². The normalized spacial score (nSPS) is 9.94. The van der Waals surface area contributed by atoms with Gasteiger partial charge in [0.15, 0.2) is 0 Å². The maximum absolute atomic E-state index is 12.0. The van der Waals surface area contributed by atoms with Crippen LogP contribution in [0.25, 0.3) is 0 Å². The molecule has 0 spiro atoms. The Morgan fingerprint density at radius 3 is 2.69 bits per heavy atom. The summed E-state index contributed by atoms with van der Waals surface area (Å²) in [6.07, 6.45) is 0. The van der Waals surface area contributed by atoms with Crippen molar-refractivity contribution in [2.45, 2.75) is 13.8 Å². The number of phenolic OH excluding ortho intramolecular Hbond substituents is 1. The number of benzene rings is 1. The fourth-order valence-corrected chi connectivity index (χ4v) is 1.50. The van der Waals surface area contributed by atoms with Crippen molar-refractivity contribution < 1.29 is 9.90 Å². The minimum atomic E-state index is -0.191. The highest BCUT2D eigenvalue weighted by Crippen LogP contribution is 2.19. The van der Waals surface area contributed by atoms with Crippen LogP contribution in [0.3, 0.4) is 0 Å². The predicted octanol–water partition coefficient (Wildman–Crippen LogP) is 2.35. The number of hydrogen-bond donors (Lipinski definition) is 1. The van der Waals surface area contributed by atoms with Crippen molar-refractivity contribution >= 4 is 5.91 Å². The first-order chi connectivity index (χ1) is 7.41. The van der Waals surface area contributed by atoms with E-state index < -0.39 is 0 Å². The number of rotatable bonds is 3. The van der Waals surface area contributed by atoms with Crippen LogP contribution in [-0.2, 0) is 0 Å². The van der Waals surface area contributed by atoms with E-state index in [0.29, 0.717) is 12.1 Å². The monoisotopic (exact) mass is 219 g/mol. The molecule has 86 valence electrons. The number of carbonyl (C=O) groups excluding carboxylic acids is 1. The maximum atomic E-state index is 12.0. The van der Waals surface area contributed by atoms with Crippen molar-refractivity contribution in [3.63, 3.8) is 0 Å². The van der Waals surface area contributed by atoms with Gasteiger partial charge in [0.05, 0.1) is 5.56 Å². The van der Waals surface area contributed by atoms with Gasteiger partial charge in [0.25, 0.3) is 5.91 Å². The van der Waals surface area contributed by atoms with Crippen molar-refractivity contribution in [2.75, 3.05) is 13.6 Å². The third-order valence-electron chi connectivity index (χ3n) is 2.24. The Balaban J connectivity index is 2.95. The van der Waals surface area contributed by atoms with E-state index in [1.54, 1.807) is 19.2 Å². The lowest BCUT2D eigenvalue weighted by Crippen LogP contribution is -2.28. The minimum Gasteiger partial charge on any atom is -0.507 e. The van der Waals surface area contributed by atoms with Crippen LogP contribution in [0.1, 0.15) is 22.8 Å². The van der Waals surface area contributed by atoms with Crippen molar-refractivity contribution in [1.29, 1.82) is 0 Å². The van der Waals surface area contributed by atoms with Crippen LogP contribution < -0.4 is 0 Å². The zero-order valence-corrected chi connectivity index (χ0v) is 9.95. The second-order valence-corrected chi connectivity index (χ2v) is 4.14. The van der Waals surface area contributed by atoms with Gasteiger partial charge in [-0.2, -0.15) is 0 Å². The van der Waals surface area contributed by atoms with Crippen molar-refractivity contribution in [3.8, 4) is 5.75 Å². The highest BCUT2D eigenvalue weighted by Gasteiger charge is 2.15. The highest BCUT2D eigenvalue weighted by molar-refractivity contribution is 5.97. The van der Waals surface area contributed by atoms with Gasteiger partial charge in [-0.1, -0.05) is 23.8 Å². The summed E-state index contributed by atoms with van der Waals surface area (Å²) >= 11 is 0. The Labute approximate surface area is 96.0 Å². The fourth-order valence-electron chi connectivity index (χ4n) is 1.50. The standard InChI is InChI=1S/C13H17NO2/c1-9(2)8-14(4)13(16)11-7-10(3)5-6-12(11)15/h5-7,15H,1,8H2,2-4H3. The molecule has 3 nitrogen and oxygen atoms in total. The van der Waals surface area contributed by atoms with Gasteiger partial charge in [0, 0.05) is 13.6 Å². The van der Waals surface area contributed by atoms with Crippen LogP contribution in [0, 0.1) is 6.92 Å². The van der Waals surface area contributed by atoms with Gasteiger partial charge in [-0.05, 0) is 26.0 Å². The van der Waals surface area contributed by atoms with Gasteiger partial charge in [0.1, 0.15) is 5.75 Å². The lowest BCUT2D eigenvalue weighted by molar-refractivity contribution is 0.0804. The second kappa shape index (κ2) is 4.84. The summed E-state index contributed by atoms with van der Waals surface area (Å²) in [7, 11) is 1.69. The summed E-state index contributed by atoms with van der Waals surface area (Å²) in [5.74, 6) is -0.173. The molecule has 0 atom stereocenters.